The summed E-state index contributed by atoms with van der Waals surface area (Å²) in [5.74, 6) is -0.169. The molecule has 1 saturated carbocycles. The molecular formula is C16H15NO3. The van der Waals surface area contributed by atoms with Crippen LogP contribution in [0.15, 0.2) is 42.5 Å². The quantitative estimate of drug-likeness (QED) is 0.620. The Bertz CT molecular complexity index is 680. The lowest BCUT2D eigenvalue weighted by atomic mass is 9.79. The van der Waals surface area contributed by atoms with Crippen LogP contribution in [0.2, 0.25) is 0 Å². The van der Waals surface area contributed by atoms with Crippen molar-refractivity contribution >= 4 is 16.6 Å². The fourth-order valence-corrected chi connectivity index (χ4v) is 3.02. The van der Waals surface area contributed by atoms with Crippen LogP contribution in [0.5, 0.6) is 0 Å². The summed E-state index contributed by atoms with van der Waals surface area (Å²) >= 11 is 0. The zero-order chi connectivity index (χ0) is 14.1. The van der Waals surface area contributed by atoms with E-state index >= 15 is 0 Å². The van der Waals surface area contributed by atoms with Crippen molar-refractivity contribution in [3.63, 3.8) is 0 Å². The van der Waals surface area contributed by atoms with Gasteiger partial charge in [0, 0.05) is 24.2 Å². The van der Waals surface area contributed by atoms with Gasteiger partial charge in [0.25, 0.3) is 0 Å². The predicted octanol–water partition coefficient (Wildman–Crippen LogP) is 3.32. The number of ketones is 1. The van der Waals surface area contributed by atoms with Gasteiger partial charge in [0.1, 0.15) is 5.78 Å². The molecule has 2 atom stereocenters. The summed E-state index contributed by atoms with van der Waals surface area (Å²) in [5.41, 5.74) is 0.901. The van der Waals surface area contributed by atoms with Crippen LogP contribution in [0.25, 0.3) is 10.8 Å². The van der Waals surface area contributed by atoms with E-state index in [-0.39, 0.29) is 23.0 Å². The van der Waals surface area contributed by atoms with Crippen LogP contribution in [0, 0.1) is 10.1 Å². The molecule has 0 saturated heterocycles. The Labute approximate surface area is 116 Å². The highest BCUT2D eigenvalue weighted by molar-refractivity contribution is 5.84. The number of hydrogen-bond acceptors (Lipinski definition) is 3. The number of benzene rings is 2. The van der Waals surface area contributed by atoms with E-state index in [2.05, 4.69) is 0 Å². The van der Waals surface area contributed by atoms with Gasteiger partial charge < -0.3 is 0 Å². The third-order valence-corrected chi connectivity index (χ3v) is 4.10. The largest absolute Gasteiger partial charge is 0.300 e. The predicted molar refractivity (Wildman–Crippen MR) is 76.3 cm³/mol. The van der Waals surface area contributed by atoms with Crippen molar-refractivity contribution in [2.75, 3.05) is 0 Å². The first-order chi connectivity index (χ1) is 9.65. The van der Waals surface area contributed by atoms with Gasteiger partial charge in [-0.05, 0) is 16.3 Å². The normalized spacial score (nSPS) is 22.9. The standard InChI is InChI=1S/C16H15NO3/c18-14-7-8-16(17(19)20)15(10-14)13-6-5-11-3-1-2-4-12(11)9-13/h1-6,9,15-16H,7-8,10H2/t15-,16+/m0/s1. The molecule has 0 heterocycles. The molecule has 0 spiro atoms. The molecule has 102 valence electrons. The first-order valence-electron chi connectivity index (χ1n) is 6.79. The number of carbonyl (C=O) groups is 1. The Morgan fingerprint density at radius 1 is 1.10 bits per heavy atom. The van der Waals surface area contributed by atoms with E-state index in [4.69, 9.17) is 0 Å². The van der Waals surface area contributed by atoms with E-state index < -0.39 is 6.04 Å². The van der Waals surface area contributed by atoms with Crippen molar-refractivity contribution in [2.45, 2.75) is 31.2 Å². The summed E-state index contributed by atoms with van der Waals surface area (Å²) in [6.45, 7) is 0. The van der Waals surface area contributed by atoms with Crippen LogP contribution in [0.3, 0.4) is 0 Å². The smallest absolute Gasteiger partial charge is 0.220 e. The SMILES string of the molecule is O=C1CC[C@@H]([N+](=O)[O-])[C@H](c2ccc3ccccc3c2)C1. The van der Waals surface area contributed by atoms with Crippen LogP contribution >= 0.6 is 0 Å². The fourth-order valence-electron chi connectivity index (χ4n) is 3.02. The maximum atomic E-state index is 11.7. The number of rotatable bonds is 2. The van der Waals surface area contributed by atoms with Gasteiger partial charge in [-0.2, -0.15) is 0 Å². The minimum absolute atomic E-state index is 0.126. The number of Topliss-reactive ketones (excluding diaryl/α,β-unsaturated/α-hetero) is 1. The molecule has 2 aromatic rings. The van der Waals surface area contributed by atoms with Crippen LogP contribution in [-0.2, 0) is 4.79 Å². The molecule has 0 aromatic heterocycles. The molecule has 0 radical (unpaired) electrons. The van der Waals surface area contributed by atoms with E-state index in [0.717, 1.165) is 16.3 Å². The highest BCUT2D eigenvalue weighted by atomic mass is 16.6. The number of nitro groups is 1. The molecule has 1 aliphatic carbocycles. The molecular weight excluding hydrogens is 254 g/mol. The van der Waals surface area contributed by atoms with Gasteiger partial charge in [-0.1, -0.05) is 42.5 Å². The summed E-state index contributed by atoms with van der Waals surface area (Å²) in [6, 6.07) is 13.1. The van der Waals surface area contributed by atoms with E-state index in [0.29, 0.717) is 12.8 Å². The maximum absolute atomic E-state index is 11.7. The minimum Gasteiger partial charge on any atom is -0.300 e. The Balaban J connectivity index is 2.02. The Kier molecular flexibility index (Phi) is 3.22. The van der Waals surface area contributed by atoms with Gasteiger partial charge in [-0.3, -0.25) is 14.9 Å². The summed E-state index contributed by atoms with van der Waals surface area (Å²) < 4.78 is 0. The van der Waals surface area contributed by atoms with E-state index in [1.807, 2.05) is 42.5 Å². The first-order valence-corrected chi connectivity index (χ1v) is 6.79. The topological polar surface area (TPSA) is 60.2 Å². The van der Waals surface area contributed by atoms with E-state index in [1.165, 1.54) is 0 Å². The molecule has 3 rings (SSSR count). The van der Waals surface area contributed by atoms with Crippen molar-refractivity contribution in [3.8, 4) is 0 Å². The third kappa shape index (κ3) is 2.29. The Morgan fingerprint density at radius 3 is 2.60 bits per heavy atom. The maximum Gasteiger partial charge on any atom is 0.220 e. The molecule has 4 heteroatoms. The lowest BCUT2D eigenvalue weighted by Gasteiger charge is -2.25. The number of hydrogen-bond donors (Lipinski definition) is 0. The van der Waals surface area contributed by atoms with Crippen molar-refractivity contribution in [2.24, 2.45) is 0 Å². The van der Waals surface area contributed by atoms with Gasteiger partial charge in [0.05, 0.1) is 5.92 Å². The molecule has 1 aliphatic rings. The Hall–Kier alpha value is -2.23. The third-order valence-electron chi connectivity index (χ3n) is 4.10. The van der Waals surface area contributed by atoms with E-state index in [9.17, 15) is 14.9 Å². The van der Waals surface area contributed by atoms with Crippen LogP contribution in [0.4, 0.5) is 0 Å². The molecule has 2 aromatic carbocycles. The molecule has 0 bridgehead atoms. The van der Waals surface area contributed by atoms with Crippen molar-refractivity contribution < 1.29 is 9.72 Å². The van der Waals surface area contributed by atoms with Crippen molar-refractivity contribution in [1.82, 2.24) is 0 Å². The van der Waals surface area contributed by atoms with E-state index in [1.54, 1.807) is 0 Å². The molecule has 0 N–H and O–H groups in total. The van der Waals surface area contributed by atoms with Gasteiger partial charge in [0.2, 0.25) is 6.04 Å². The summed E-state index contributed by atoms with van der Waals surface area (Å²) in [7, 11) is 0. The summed E-state index contributed by atoms with van der Waals surface area (Å²) in [6.07, 6.45) is 0.961. The van der Waals surface area contributed by atoms with Crippen molar-refractivity contribution in [3.05, 3.63) is 58.1 Å². The second kappa shape index (κ2) is 5.04. The average molecular weight is 269 g/mol. The zero-order valence-electron chi connectivity index (χ0n) is 11.0. The number of nitrogens with zero attached hydrogens (tertiary/aromatic N) is 1. The van der Waals surface area contributed by atoms with Gasteiger partial charge in [-0.25, -0.2) is 0 Å². The molecule has 0 unspecified atom stereocenters. The van der Waals surface area contributed by atoms with Gasteiger partial charge in [0.15, 0.2) is 0 Å². The summed E-state index contributed by atoms with van der Waals surface area (Å²) in [4.78, 5) is 22.6. The molecule has 1 fully saturated rings. The second-order valence-corrected chi connectivity index (χ2v) is 5.35. The highest BCUT2D eigenvalue weighted by Gasteiger charge is 2.38. The second-order valence-electron chi connectivity index (χ2n) is 5.35. The number of fused-ring (bicyclic) bond motifs is 1. The molecule has 4 nitrogen and oxygen atoms in total. The number of carbonyl (C=O) groups excluding carboxylic acids is 1. The van der Waals surface area contributed by atoms with Crippen molar-refractivity contribution in [1.29, 1.82) is 0 Å². The van der Waals surface area contributed by atoms with Gasteiger partial charge >= 0.3 is 0 Å². The fraction of sp³-hybridized carbons (Fsp3) is 0.312. The summed E-state index contributed by atoms with van der Waals surface area (Å²) in [5, 5.41) is 13.4. The molecule has 0 aliphatic heterocycles. The van der Waals surface area contributed by atoms with Crippen LogP contribution in [0.1, 0.15) is 30.7 Å². The van der Waals surface area contributed by atoms with Crippen LogP contribution < -0.4 is 0 Å². The minimum atomic E-state index is -0.645. The first kappa shape index (κ1) is 12.8. The average Bonchev–Trinajstić information content (AvgIpc) is 2.46. The van der Waals surface area contributed by atoms with Gasteiger partial charge in [-0.15, -0.1) is 0 Å². The lowest BCUT2D eigenvalue weighted by molar-refractivity contribution is -0.528. The lowest BCUT2D eigenvalue weighted by Crippen LogP contribution is -2.33. The monoisotopic (exact) mass is 269 g/mol. The molecule has 20 heavy (non-hydrogen) atoms. The zero-order valence-corrected chi connectivity index (χ0v) is 11.0. The molecule has 0 amide bonds. The Morgan fingerprint density at radius 2 is 1.85 bits per heavy atom. The highest BCUT2D eigenvalue weighted by Crippen LogP contribution is 2.34. The van der Waals surface area contributed by atoms with Crippen LogP contribution in [-0.4, -0.2) is 16.7 Å².